The second-order valence-electron chi connectivity index (χ2n) is 4.18. The molecule has 0 aliphatic carbocycles. The van der Waals surface area contributed by atoms with Crippen LogP contribution in [0.4, 0.5) is 11.4 Å². The summed E-state index contributed by atoms with van der Waals surface area (Å²) in [7, 11) is 1.30. The Morgan fingerprint density at radius 2 is 1.95 bits per heavy atom. The molecule has 1 aromatic carbocycles. The molecule has 1 amide bonds. The molecule has 0 bridgehead atoms. The van der Waals surface area contributed by atoms with Crippen LogP contribution in [0, 0.1) is 0 Å². The van der Waals surface area contributed by atoms with Gasteiger partial charge in [-0.25, -0.2) is 4.79 Å². The number of carbonyl (C=O) groups excluding carboxylic acids is 2. The lowest BCUT2D eigenvalue weighted by Gasteiger charge is -2.20. The number of benzene rings is 1. The molecule has 6 nitrogen and oxygen atoms in total. The molecule has 0 saturated carbocycles. The van der Waals surface area contributed by atoms with Gasteiger partial charge >= 0.3 is 5.97 Å². The summed E-state index contributed by atoms with van der Waals surface area (Å²) < 4.78 is 4.70. The Balaban J connectivity index is 2.87. The number of nitrogens with zero attached hydrogens (tertiary/aromatic N) is 1. The van der Waals surface area contributed by atoms with Crippen molar-refractivity contribution in [2.45, 2.75) is 13.8 Å². The highest BCUT2D eigenvalue weighted by molar-refractivity contribution is 5.99. The molecular weight excluding hydrogens is 258 g/mol. The first kappa shape index (κ1) is 15.8. The summed E-state index contributed by atoms with van der Waals surface area (Å²) in [6, 6.07) is 4.93. The molecule has 0 atom stereocenters. The molecule has 110 valence electrons. The largest absolute Gasteiger partial charge is 0.465 e. The van der Waals surface area contributed by atoms with Gasteiger partial charge in [-0.2, -0.15) is 0 Å². The first-order chi connectivity index (χ1) is 9.54. The highest BCUT2D eigenvalue weighted by Gasteiger charge is 2.16. The topological polar surface area (TPSA) is 84.7 Å². The lowest BCUT2D eigenvalue weighted by molar-refractivity contribution is -0.128. The van der Waals surface area contributed by atoms with Crippen molar-refractivity contribution in [2.75, 3.05) is 37.8 Å². The molecule has 1 rings (SSSR count). The Kier molecular flexibility index (Phi) is 5.83. The number of amides is 1. The number of nitrogens with one attached hydrogen (secondary N) is 1. The summed E-state index contributed by atoms with van der Waals surface area (Å²) >= 11 is 0. The third kappa shape index (κ3) is 3.63. The van der Waals surface area contributed by atoms with E-state index >= 15 is 0 Å². The SMILES string of the molecule is CCN(CC)C(=O)CNc1c(N)cccc1C(=O)OC. The van der Waals surface area contributed by atoms with Gasteiger partial charge in [0.1, 0.15) is 0 Å². The van der Waals surface area contributed by atoms with E-state index in [2.05, 4.69) is 5.32 Å². The Morgan fingerprint density at radius 1 is 1.30 bits per heavy atom. The minimum atomic E-state index is -0.491. The molecule has 0 spiro atoms. The van der Waals surface area contributed by atoms with Gasteiger partial charge in [0.25, 0.3) is 0 Å². The van der Waals surface area contributed by atoms with Crippen LogP contribution in [0.3, 0.4) is 0 Å². The minimum absolute atomic E-state index is 0.0472. The summed E-state index contributed by atoms with van der Waals surface area (Å²) in [5, 5.41) is 2.93. The number of likely N-dealkylation sites (N-methyl/N-ethyl adjacent to an activating group) is 1. The summed E-state index contributed by atoms with van der Waals surface area (Å²) in [5.41, 5.74) is 7.00. The number of nitrogens with two attached hydrogens (primary N) is 1. The Hall–Kier alpha value is -2.24. The zero-order chi connectivity index (χ0) is 15.1. The van der Waals surface area contributed by atoms with Crippen LogP contribution in [0.15, 0.2) is 18.2 Å². The Labute approximate surface area is 118 Å². The Bertz CT molecular complexity index is 485. The molecule has 0 heterocycles. The number of hydrogen-bond acceptors (Lipinski definition) is 5. The van der Waals surface area contributed by atoms with Gasteiger partial charge in [0.15, 0.2) is 0 Å². The molecule has 0 saturated heterocycles. The first-order valence-electron chi connectivity index (χ1n) is 6.53. The number of hydrogen-bond donors (Lipinski definition) is 2. The monoisotopic (exact) mass is 279 g/mol. The molecule has 0 fully saturated rings. The van der Waals surface area contributed by atoms with E-state index < -0.39 is 5.97 Å². The fraction of sp³-hybridized carbons (Fsp3) is 0.429. The quantitative estimate of drug-likeness (QED) is 0.606. The van der Waals surface area contributed by atoms with Crippen LogP contribution in [0.2, 0.25) is 0 Å². The van der Waals surface area contributed by atoms with Crippen molar-refractivity contribution in [2.24, 2.45) is 0 Å². The van der Waals surface area contributed by atoms with E-state index in [0.717, 1.165) is 0 Å². The van der Waals surface area contributed by atoms with Crippen molar-refractivity contribution in [1.29, 1.82) is 0 Å². The molecule has 3 N–H and O–H groups in total. The number of carbonyl (C=O) groups is 2. The van der Waals surface area contributed by atoms with Crippen molar-refractivity contribution in [3.05, 3.63) is 23.8 Å². The predicted molar refractivity (Wildman–Crippen MR) is 78.6 cm³/mol. The van der Waals surface area contributed by atoms with Crippen LogP contribution >= 0.6 is 0 Å². The van der Waals surface area contributed by atoms with Crippen molar-refractivity contribution < 1.29 is 14.3 Å². The maximum absolute atomic E-state index is 11.9. The molecule has 20 heavy (non-hydrogen) atoms. The minimum Gasteiger partial charge on any atom is -0.465 e. The Morgan fingerprint density at radius 3 is 2.50 bits per heavy atom. The highest BCUT2D eigenvalue weighted by atomic mass is 16.5. The molecular formula is C14H21N3O3. The van der Waals surface area contributed by atoms with Crippen LogP contribution < -0.4 is 11.1 Å². The average molecular weight is 279 g/mol. The maximum atomic E-state index is 11.9. The molecule has 0 aliphatic rings. The van der Waals surface area contributed by atoms with Gasteiger partial charge < -0.3 is 20.7 Å². The van der Waals surface area contributed by atoms with Gasteiger partial charge in [-0.05, 0) is 26.0 Å². The zero-order valence-electron chi connectivity index (χ0n) is 12.1. The zero-order valence-corrected chi connectivity index (χ0v) is 12.1. The van der Waals surface area contributed by atoms with Crippen LogP contribution in [-0.4, -0.2) is 43.5 Å². The molecule has 0 aromatic heterocycles. The fourth-order valence-corrected chi connectivity index (χ4v) is 1.90. The second-order valence-corrected chi connectivity index (χ2v) is 4.18. The molecule has 0 unspecified atom stereocenters. The molecule has 0 aliphatic heterocycles. The summed E-state index contributed by atoms with van der Waals surface area (Å²) in [5.74, 6) is -0.538. The van der Waals surface area contributed by atoms with Crippen molar-refractivity contribution in [1.82, 2.24) is 4.90 Å². The number of nitrogen functional groups attached to an aromatic ring is 1. The van der Waals surface area contributed by atoms with E-state index in [1.54, 1.807) is 23.1 Å². The average Bonchev–Trinajstić information content (AvgIpc) is 2.46. The molecule has 6 heteroatoms. The molecule has 1 aromatic rings. The summed E-state index contributed by atoms with van der Waals surface area (Å²) in [6.07, 6.45) is 0. The number of esters is 1. The van der Waals surface area contributed by atoms with Gasteiger partial charge in [-0.1, -0.05) is 6.07 Å². The van der Waals surface area contributed by atoms with Crippen molar-refractivity contribution >= 4 is 23.3 Å². The van der Waals surface area contributed by atoms with Crippen LogP contribution in [-0.2, 0) is 9.53 Å². The lowest BCUT2D eigenvalue weighted by atomic mass is 10.1. The van der Waals surface area contributed by atoms with E-state index in [-0.39, 0.29) is 12.5 Å². The number of ether oxygens (including phenoxy) is 1. The number of para-hydroxylation sites is 1. The van der Waals surface area contributed by atoms with Crippen molar-refractivity contribution in [3.63, 3.8) is 0 Å². The number of anilines is 2. The van der Waals surface area contributed by atoms with Crippen LogP contribution in [0.25, 0.3) is 0 Å². The summed E-state index contributed by atoms with van der Waals surface area (Å²) in [6.45, 7) is 5.20. The second kappa shape index (κ2) is 7.37. The summed E-state index contributed by atoms with van der Waals surface area (Å²) in [4.78, 5) is 25.3. The van der Waals surface area contributed by atoms with Gasteiger partial charge in [0, 0.05) is 13.1 Å². The van der Waals surface area contributed by atoms with E-state index in [1.807, 2.05) is 13.8 Å². The number of methoxy groups -OCH3 is 1. The van der Waals surface area contributed by atoms with Gasteiger partial charge in [0.2, 0.25) is 5.91 Å². The normalized spacial score (nSPS) is 9.95. The highest BCUT2D eigenvalue weighted by Crippen LogP contribution is 2.23. The lowest BCUT2D eigenvalue weighted by Crippen LogP contribution is -2.35. The smallest absolute Gasteiger partial charge is 0.340 e. The van der Waals surface area contributed by atoms with Crippen molar-refractivity contribution in [3.8, 4) is 0 Å². The van der Waals surface area contributed by atoms with E-state index in [4.69, 9.17) is 10.5 Å². The fourth-order valence-electron chi connectivity index (χ4n) is 1.90. The van der Waals surface area contributed by atoms with Gasteiger partial charge in [-0.15, -0.1) is 0 Å². The van der Waals surface area contributed by atoms with Gasteiger partial charge in [0.05, 0.1) is 30.6 Å². The van der Waals surface area contributed by atoms with Crippen LogP contribution in [0.5, 0.6) is 0 Å². The van der Waals surface area contributed by atoms with E-state index in [9.17, 15) is 9.59 Å². The third-order valence-corrected chi connectivity index (χ3v) is 3.03. The molecule has 0 radical (unpaired) electrons. The number of rotatable bonds is 6. The first-order valence-corrected chi connectivity index (χ1v) is 6.53. The van der Waals surface area contributed by atoms with Gasteiger partial charge in [-0.3, -0.25) is 4.79 Å². The standard InChI is InChI=1S/C14H21N3O3/c1-4-17(5-2)12(18)9-16-13-10(14(19)20-3)7-6-8-11(13)15/h6-8,16H,4-5,9,15H2,1-3H3. The third-order valence-electron chi connectivity index (χ3n) is 3.03. The van der Waals surface area contributed by atoms with E-state index in [1.165, 1.54) is 7.11 Å². The maximum Gasteiger partial charge on any atom is 0.340 e. The predicted octanol–water partition coefficient (Wildman–Crippen LogP) is 1.34. The van der Waals surface area contributed by atoms with Crippen LogP contribution in [0.1, 0.15) is 24.2 Å². The van der Waals surface area contributed by atoms with E-state index in [0.29, 0.717) is 30.0 Å².